The smallest absolute Gasteiger partial charge is 0.251 e. The zero-order valence-corrected chi connectivity index (χ0v) is 13.6. The second-order valence-corrected chi connectivity index (χ2v) is 6.09. The Bertz CT molecular complexity index is 779. The van der Waals surface area contributed by atoms with E-state index in [2.05, 4.69) is 5.32 Å². The number of aliphatic hydroxyl groups is 1. The van der Waals surface area contributed by atoms with Gasteiger partial charge in [-0.1, -0.05) is 6.07 Å². The van der Waals surface area contributed by atoms with Crippen molar-refractivity contribution in [2.45, 2.75) is 25.4 Å². The molecule has 0 spiro atoms. The topological polar surface area (TPSA) is 58.6 Å². The van der Waals surface area contributed by atoms with Gasteiger partial charge in [-0.05, 0) is 54.7 Å². The molecule has 1 aliphatic rings. The first-order chi connectivity index (χ1) is 12.0. The number of nitrogens with one attached hydrogen (secondary N) is 1. The SMILES string of the molecule is O=C(NCC(O)COc1ccc(F)c(F)c1)c1ccc2c(c1)CCC2. The average Bonchev–Trinajstić information content (AvgIpc) is 3.08. The molecule has 132 valence electrons. The molecule has 2 aromatic carbocycles. The van der Waals surface area contributed by atoms with Gasteiger partial charge in [0.1, 0.15) is 18.5 Å². The summed E-state index contributed by atoms with van der Waals surface area (Å²) in [6.07, 6.45) is 2.19. The largest absolute Gasteiger partial charge is 0.491 e. The minimum Gasteiger partial charge on any atom is -0.491 e. The van der Waals surface area contributed by atoms with Gasteiger partial charge in [-0.3, -0.25) is 4.79 Å². The second kappa shape index (κ2) is 7.61. The third-order valence-corrected chi connectivity index (χ3v) is 4.19. The molecule has 1 amide bonds. The first-order valence-corrected chi connectivity index (χ1v) is 8.19. The molecular weight excluding hydrogens is 328 g/mol. The zero-order chi connectivity index (χ0) is 17.8. The van der Waals surface area contributed by atoms with Crippen LogP contribution in [0.5, 0.6) is 5.75 Å². The van der Waals surface area contributed by atoms with Crippen LogP contribution in [0.15, 0.2) is 36.4 Å². The molecule has 0 heterocycles. The molecule has 4 nitrogen and oxygen atoms in total. The molecule has 0 radical (unpaired) electrons. The summed E-state index contributed by atoms with van der Waals surface area (Å²) in [5.74, 6) is -2.13. The quantitative estimate of drug-likeness (QED) is 0.845. The van der Waals surface area contributed by atoms with E-state index in [-0.39, 0.29) is 24.8 Å². The molecule has 0 fully saturated rings. The van der Waals surface area contributed by atoms with Gasteiger partial charge in [0.15, 0.2) is 11.6 Å². The minimum atomic E-state index is -1.02. The van der Waals surface area contributed by atoms with Crippen LogP contribution < -0.4 is 10.1 Å². The minimum absolute atomic E-state index is 0.000402. The van der Waals surface area contributed by atoms with E-state index in [0.29, 0.717) is 5.56 Å². The highest BCUT2D eigenvalue weighted by Gasteiger charge is 2.15. The normalized spacial score (nSPS) is 14.0. The number of benzene rings is 2. The molecule has 1 unspecified atom stereocenters. The van der Waals surface area contributed by atoms with E-state index in [9.17, 15) is 18.7 Å². The van der Waals surface area contributed by atoms with Gasteiger partial charge in [0.05, 0.1) is 0 Å². The first kappa shape index (κ1) is 17.4. The standard InChI is InChI=1S/C19H19F2NO3/c20-17-7-6-16(9-18(17)21)25-11-15(23)10-22-19(24)14-5-4-12-2-1-3-13(12)8-14/h4-9,15,23H,1-3,10-11H2,(H,22,24). The summed E-state index contributed by atoms with van der Waals surface area (Å²) in [6.45, 7) is -0.144. The molecule has 25 heavy (non-hydrogen) atoms. The number of hydrogen-bond acceptors (Lipinski definition) is 3. The number of fused-ring (bicyclic) bond motifs is 1. The number of carbonyl (C=O) groups is 1. The number of ether oxygens (including phenoxy) is 1. The lowest BCUT2D eigenvalue weighted by Crippen LogP contribution is -2.35. The van der Waals surface area contributed by atoms with Crippen molar-refractivity contribution in [1.29, 1.82) is 0 Å². The highest BCUT2D eigenvalue weighted by Crippen LogP contribution is 2.22. The lowest BCUT2D eigenvalue weighted by atomic mass is 10.1. The third-order valence-electron chi connectivity index (χ3n) is 4.19. The van der Waals surface area contributed by atoms with Crippen molar-refractivity contribution in [3.05, 3.63) is 64.7 Å². The maximum atomic E-state index is 13.1. The monoisotopic (exact) mass is 347 g/mol. The van der Waals surface area contributed by atoms with Crippen molar-refractivity contribution < 1.29 is 23.4 Å². The highest BCUT2D eigenvalue weighted by atomic mass is 19.2. The number of carbonyl (C=O) groups excluding carboxylic acids is 1. The number of rotatable bonds is 6. The third kappa shape index (κ3) is 4.33. The van der Waals surface area contributed by atoms with Crippen LogP contribution >= 0.6 is 0 Å². The van der Waals surface area contributed by atoms with Gasteiger partial charge in [-0.15, -0.1) is 0 Å². The number of hydrogen-bond donors (Lipinski definition) is 2. The summed E-state index contributed by atoms with van der Waals surface area (Å²) < 4.78 is 31.1. The predicted octanol–water partition coefficient (Wildman–Crippen LogP) is 2.62. The van der Waals surface area contributed by atoms with Gasteiger partial charge < -0.3 is 15.2 Å². The summed E-state index contributed by atoms with van der Waals surface area (Å²) in [6, 6.07) is 8.78. The Balaban J connectivity index is 1.47. The molecular formula is C19H19F2NO3. The van der Waals surface area contributed by atoms with Crippen LogP contribution in [0.3, 0.4) is 0 Å². The Labute approximate surface area is 144 Å². The van der Waals surface area contributed by atoms with Gasteiger partial charge in [0.2, 0.25) is 0 Å². The fraction of sp³-hybridized carbons (Fsp3) is 0.316. The molecule has 2 N–H and O–H groups in total. The summed E-state index contributed by atoms with van der Waals surface area (Å²) in [5.41, 5.74) is 3.06. The van der Waals surface area contributed by atoms with Crippen molar-refractivity contribution in [3.63, 3.8) is 0 Å². The Morgan fingerprint density at radius 1 is 1.12 bits per heavy atom. The Hall–Kier alpha value is -2.47. The fourth-order valence-electron chi connectivity index (χ4n) is 2.84. The predicted molar refractivity (Wildman–Crippen MR) is 88.7 cm³/mol. The summed E-state index contributed by atoms with van der Waals surface area (Å²) in [5, 5.41) is 12.5. The van der Waals surface area contributed by atoms with Gasteiger partial charge >= 0.3 is 0 Å². The van der Waals surface area contributed by atoms with Crippen LogP contribution in [-0.2, 0) is 12.8 Å². The van der Waals surface area contributed by atoms with Gasteiger partial charge in [0, 0.05) is 18.2 Å². The average molecular weight is 347 g/mol. The van der Waals surface area contributed by atoms with Crippen LogP contribution in [0.1, 0.15) is 27.9 Å². The molecule has 0 saturated heterocycles. The van der Waals surface area contributed by atoms with E-state index in [1.807, 2.05) is 12.1 Å². The second-order valence-electron chi connectivity index (χ2n) is 6.09. The molecule has 1 atom stereocenters. The van der Waals surface area contributed by atoms with E-state index >= 15 is 0 Å². The fourth-order valence-corrected chi connectivity index (χ4v) is 2.84. The Morgan fingerprint density at radius 2 is 1.92 bits per heavy atom. The van der Waals surface area contributed by atoms with E-state index < -0.39 is 17.7 Å². The molecule has 0 saturated carbocycles. The number of aryl methyl sites for hydroxylation is 2. The number of aliphatic hydroxyl groups excluding tert-OH is 1. The number of halogens is 2. The van der Waals surface area contributed by atoms with E-state index in [0.717, 1.165) is 31.4 Å². The Kier molecular flexibility index (Phi) is 5.28. The molecule has 2 aromatic rings. The molecule has 3 rings (SSSR count). The molecule has 1 aliphatic carbocycles. The van der Waals surface area contributed by atoms with Crippen molar-refractivity contribution in [1.82, 2.24) is 5.32 Å². The highest BCUT2D eigenvalue weighted by molar-refractivity contribution is 5.94. The van der Waals surface area contributed by atoms with Crippen molar-refractivity contribution in [3.8, 4) is 5.75 Å². The van der Waals surface area contributed by atoms with Crippen molar-refractivity contribution in [2.75, 3.05) is 13.2 Å². The molecule has 0 bridgehead atoms. The molecule has 6 heteroatoms. The lowest BCUT2D eigenvalue weighted by molar-refractivity contribution is 0.0843. The van der Waals surface area contributed by atoms with E-state index in [4.69, 9.17) is 4.74 Å². The first-order valence-electron chi connectivity index (χ1n) is 8.19. The lowest BCUT2D eigenvalue weighted by Gasteiger charge is -2.14. The van der Waals surface area contributed by atoms with Crippen LogP contribution in [-0.4, -0.2) is 30.3 Å². The maximum Gasteiger partial charge on any atom is 0.251 e. The van der Waals surface area contributed by atoms with Gasteiger partial charge in [-0.25, -0.2) is 8.78 Å². The van der Waals surface area contributed by atoms with E-state index in [1.165, 1.54) is 17.2 Å². The van der Waals surface area contributed by atoms with Crippen LogP contribution in [0.2, 0.25) is 0 Å². The van der Waals surface area contributed by atoms with Crippen LogP contribution in [0.4, 0.5) is 8.78 Å². The summed E-state index contributed by atoms with van der Waals surface area (Å²) in [4.78, 5) is 12.2. The summed E-state index contributed by atoms with van der Waals surface area (Å²) in [7, 11) is 0. The van der Waals surface area contributed by atoms with Crippen molar-refractivity contribution >= 4 is 5.91 Å². The molecule has 0 aromatic heterocycles. The number of amides is 1. The van der Waals surface area contributed by atoms with Crippen LogP contribution in [0.25, 0.3) is 0 Å². The summed E-state index contributed by atoms with van der Waals surface area (Å²) >= 11 is 0. The Morgan fingerprint density at radius 3 is 2.72 bits per heavy atom. The van der Waals surface area contributed by atoms with E-state index in [1.54, 1.807) is 6.07 Å². The zero-order valence-electron chi connectivity index (χ0n) is 13.6. The van der Waals surface area contributed by atoms with Gasteiger partial charge in [0.25, 0.3) is 5.91 Å². The maximum absolute atomic E-state index is 13.1. The van der Waals surface area contributed by atoms with Gasteiger partial charge in [-0.2, -0.15) is 0 Å². The van der Waals surface area contributed by atoms with Crippen molar-refractivity contribution in [2.24, 2.45) is 0 Å². The van der Waals surface area contributed by atoms with Crippen LogP contribution in [0, 0.1) is 11.6 Å². The molecule has 0 aliphatic heterocycles.